The van der Waals surface area contributed by atoms with Crippen LogP contribution in [-0.2, 0) is 24.8 Å². The predicted octanol–water partition coefficient (Wildman–Crippen LogP) is 1.25. The lowest BCUT2D eigenvalue weighted by Gasteiger charge is -2.18. The van der Waals surface area contributed by atoms with Crippen molar-refractivity contribution in [1.29, 1.82) is 0 Å². The van der Waals surface area contributed by atoms with Gasteiger partial charge in [-0.05, 0) is 32.0 Å². The van der Waals surface area contributed by atoms with Crippen LogP contribution in [0.15, 0.2) is 33.7 Å². The molecule has 146 valence electrons. The Balaban J connectivity index is 2.08. The number of hydrogen-bond acceptors (Lipinski definition) is 8. The first-order valence-electron chi connectivity index (χ1n) is 7.93. The molecule has 1 aliphatic rings. The highest BCUT2D eigenvalue weighted by molar-refractivity contribution is 7.94. The molecule has 1 fully saturated rings. The molecule has 0 spiro atoms. The number of ether oxygens (including phenoxy) is 1. The van der Waals surface area contributed by atoms with Crippen LogP contribution in [-0.4, -0.2) is 40.3 Å². The van der Waals surface area contributed by atoms with Crippen LogP contribution in [0, 0.1) is 6.92 Å². The van der Waals surface area contributed by atoms with Gasteiger partial charge in [0.25, 0.3) is 10.0 Å². The molecule has 3 rings (SSSR count). The minimum Gasteiger partial charge on any atom is -0.492 e. The Kier molecular flexibility index (Phi) is 4.86. The van der Waals surface area contributed by atoms with E-state index in [0.717, 1.165) is 6.07 Å². The molecule has 10 nitrogen and oxygen atoms in total. The maximum atomic E-state index is 12.8. The van der Waals surface area contributed by atoms with Gasteiger partial charge < -0.3 is 9.26 Å². The van der Waals surface area contributed by atoms with Crippen LogP contribution in [0.1, 0.15) is 19.1 Å². The summed E-state index contributed by atoms with van der Waals surface area (Å²) < 4.78 is 62.9. The number of nitrogens with zero attached hydrogens (tertiary/aromatic N) is 2. The maximum absolute atomic E-state index is 12.8. The Labute approximate surface area is 156 Å². The van der Waals surface area contributed by atoms with Crippen molar-refractivity contribution in [3.63, 3.8) is 0 Å². The summed E-state index contributed by atoms with van der Waals surface area (Å²) in [6.07, 6.45) is -0.159. The summed E-state index contributed by atoms with van der Waals surface area (Å²) in [5.41, 5.74) is -0.0716. The van der Waals surface area contributed by atoms with E-state index in [1.165, 1.54) is 18.2 Å². The van der Waals surface area contributed by atoms with Gasteiger partial charge in [-0.3, -0.25) is 9.52 Å². The van der Waals surface area contributed by atoms with Crippen molar-refractivity contribution >= 4 is 37.5 Å². The minimum atomic E-state index is -4.19. The molecule has 0 saturated carbocycles. The number of sulfonamides is 2. The summed E-state index contributed by atoms with van der Waals surface area (Å²) in [5.74, 6) is -0.566. The molecule has 0 aliphatic carbocycles. The van der Waals surface area contributed by atoms with Crippen molar-refractivity contribution < 1.29 is 30.9 Å². The van der Waals surface area contributed by atoms with E-state index in [2.05, 4.69) is 9.88 Å². The number of anilines is 2. The fourth-order valence-electron chi connectivity index (χ4n) is 2.58. The third-order valence-electron chi connectivity index (χ3n) is 3.70. The molecule has 0 radical (unpaired) electrons. The molecule has 12 heteroatoms. The monoisotopic (exact) mass is 415 g/mol. The standard InChI is InChI=1S/C15H17N3O7S2/c1-3-24-12-5-4-11(18-15(19)6-7-26(18,20)21)9-13(12)27(22,23)17-14-8-10(2)25-16-14/h4-5,8-9H,3,6-7H2,1-2H3,(H,16,17). The highest BCUT2D eigenvalue weighted by Crippen LogP contribution is 2.33. The zero-order valence-electron chi connectivity index (χ0n) is 14.5. The first-order valence-corrected chi connectivity index (χ1v) is 11.0. The molecule has 2 aromatic rings. The number of hydrogen-bond donors (Lipinski definition) is 1. The van der Waals surface area contributed by atoms with Crippen molar-refractivity contribution in [2.24, 2.45) is 0 Å². The van der Waals surface area contributed by atoms with Gasteiger partial charge in [-0.15, -0.1) is 0 Å². The van der Waals surface area contributed by atoms with Crippen LogP contribution < -0.4 is 13.8 Å². The number of aryl methyl sites for hydroxylation is 1. The molecule has 1 aromatic carbocycles. The van der Waals surface area contributed by atoms with Gasteiger partial charge in [0.05, 0.1) is 18.0 Å². The van der Waals surface area contributed by atoms with E-state index in [1.807, 2.05) is 0 Å². The quantitative estimate of drug-likeness (QED) is 0.744. The number of benzene rings is 1. The first kappa shape index (κ1) is 19.2. The number of amides is 1. The van der Waals surface area contributed by atoms with Crippen molar-refractivity contribution in [3.05, 3.63) is 30.0 Å². The van der Waals surface area contributed by atoms with Crippen LogP contribution >= 0.6 is 0 Å². The molecule has 1 N–H and O–H groups in total. The predicted molar refractivity (Wildman–Crippen MR) is 95.5 cm³/mol. The summed E-state index contributed by atoms with van der Waals surface area (Å²) in [6, 6.07) is 5.10. The van der Waals surface area contributed by atoms with Crippen LogP contribution in [0.25, 0.3) is 0 Å². The Hall–Kier alpha value is -2.60. The molecule has 1 saturated heterocycles. The average molecular weight is 415 g/mol. The Morgan fingerprint density at radius 1 is 1.33 bits per heavy atom. The number of nitrogens with one attached hydrogen (secondary N) is 1. The Morgan fingerprint density at radius 3 is 2.63 bits per heavy atom. The Bertz CT molecular complexity index is 1090. The lowest BCUT2D eigenvalue weighted by molar-refractivity contribution is -0.116. The molecule has 1 aliphatic heterocycles. The van der Waals surface area contributed by atoms with E-state index < -0.39 is 26.0 Å². The van der Waals surface area contributed by atoms with Gasteiger partial charge in [-0.2, -0.15) is 0 Å². The average Bonchev–Trinajstić information content (AvgIpc) is 3.10. The second-order valence-corrected chi connectivity index (χ2v) is 9.30. The molecule has 0 bridgehead atoms. The lowest BCUT2D eigenvalue weighted by Crippen LogP contribution is -2.29. The van der Waals surface area contributed by atoms with E-state index in [1.54, 1.807) is 13.8 Å². The molecular formula is C15H17N3O7S2. The molecule has 27 heavy (non-hydrogen) atoms. The molecule has 0 atom stereocenters. The first-order chi connectivity index (χ1) is 12.6. The zero-order chi connectivity index (χ0) is 19.8. The van der Waals surface area contributed by atoms with Crippen molar-refractivity contribution in [1.82, 2.24) is 5.16 Å². The van der Waals surface area contributed by atoms with E-state index in [-0.39, 0.29) is 40.9 Å². The third-order valence-corrected chi connectivity index (χ3v) is 6.76. The summed E-state index contributed by atoms with van der Waals surface area (Å²) in [7, 11) is -8.02. The van der Waals surface area contributed by atoms with Crippen LogP contribution in [0.2, 0.25) is 0 Å². The molecule has 1 amide bonds. The SMILES string of the molecule is CCOc1ccc(N2C(=O)CCS2(=O)=O)cc1S(=O)(=O)Nc1cc(C)on1. The van der Waals surface area contributed by atoms with E-state index in [4.69, 9.17) is 9.26 Å². The fraction of sp³-hybridized carbons (Fsp3) is 0.333. The summed E-state index contributed by atoms with van der Waals surface area (Å²) in [5, 5.41) is 3.57. The number of carbonyl (C=O) groups is 1. The van der Waals surface area contributed by atoms with Gasteiger partial charge in [-0.25, -0.2) is 21.1 Å². The molecule has 0 unspecified atom stereocenters. The number of carbonyl (C=O) groups excluding carboxylic acids is 1. The minimum absolute atomic E-state index is 0.0120. The molecular weight excluding hydrogens is 398 g/mol. The molecule has 1 aromatic heterocycles. The van der Waals surface area contributed by atoms with Gasteiger partial charge in [0.15, 0.2) is 5.82 Å². The summed E-state index contributed by atoms with van der Waals surface area (Å²) >= 11 is 0. The maximum Gasteiger partial charge on any atom is 0.266 e. The fourth-order valence-corrected chi connectivity index (χ4v) is 5.18. The summed E-state index contributed by atoms with van der Waals surface area (Å²) in [6.45, 7) is 3.46. The topological polar surface area (TPSA) is 136 Å². The number of aromatic nitrogens is 1. The van der Waals surface area contributed by atoms with Crippen molar-refractivity contribution in [2.45, 2.75) is 25.2 Å². The van der Waals surface area contributed by atoms with Gasteiger partial charge >= 0.3 is 0 Å². The van der Waals surface area contributed by atoms with Crippen LogP contribution in [0.4, 0.5) is 11.5 Å². The largest absolute Gasteiger partial charge is 0.492 e. The van der Waals surface area contributed by atoms with E-state index >= 15 is 0 Å². The van der Waals surface area contributed by atoms with Gasteiger partial charge in [0.1, 0.15) is 16.4 Å². The van der Waals surface area contributed by atoms with Crippen LogP contribution in [0.5, 0.6) is 5.75 Å². The second kappa shape index (κ2) is 6.85. The number of rotatable bonds is 6. The Morgan fingerprint density at radius 2 is 2.07 bits per heavy atom. The highest BCUT2D eigenvalue weighted by Gasteiger charge is 2.37. The second-order valence-electron chi connectivity index (χ2n) is 5.72. The summed E-state index contributed by atoms with van der Waals surface area (Å²) in [4.78, 5) is 11.7. The van der Waals surface area contributed by atoms with Gasteiger partial charge in [-0.1, -0.05) is 5.16 Å². The van der Waals surface area contributed by atoms with E-state index in [9.17, 15) is 21.6 Å². The van der Waals surface area contributed by atoms with Crippen LogP contribution in [0.3, 0.4) is 0 Å². The lowest BCUT2D eigenvalue weighted by atomic mass is 10.3. The van der Waals surface area contributed by atoms with Crippen molar-refractivity contribution in [3.8, 4) is 5.75 Å². The normalized spacial score (nSPS) is 16.5. The van der Waals surface area contributed by atoms with Gasteiger partial charge in [0.2, 0.25) is 15.9 Å². The van der Waals surface area contributed by atoms with Gasteiger partial charge in [0, 0.05) is 12.5 Å². The zero-order valence-corrected chi connectivity index (χ0v) is 16.1. The smallest absolute Gasteiger partial charge is 0.266 e. The van der Waals surface area contributed by atoms with E-state index in [0.29, 0.717) is 10.1 Å². The van der Waals surface area contributed by atoms with Crippen molar-refractivity contribution in [2.75, 3.05) is 21.4 Å². The molecule has 2 heterocycles. The highest BCUT2D eigenvalue weighted by atomic mass is 32.2. The third kappa shape index (κ3) is 3.76.